The number of carbonyl (C=O) groups is 2. The maximum Gasteiger partial charge on any atom is 0.309 e. The van der Waals surface area contributed by atoms with Gasteiger partial charge in [-0.1, -0.05) is 36.4 Å². The van der Waals surface area contributed by atoms with Crippen LogP contribution in [0.15, 0.2) is 48.5 Å². The van der Waals surface area contributed by atoms with Gasteiger partial charge in [0.15, 0.2) is 0 Å². The quantitative estimate of drug-likeness (QED) is 0.426. The number of urea groups is 2. The average molecular weight is 336 g/mol. The number of phenolic OH excluding ortho intramolecular Hbond substituents is 2. The fourth-order valence-corrected chi connectivity index (χ4v) is 1.13. The highest BCUT2D eigenvalue weighted by molar-refractivity contribution is 5.69. The number of primary amides is 4. The van der Waals surface area contributed by atoms with E-state index < -0.39 is 12.1 Å². The zero-order valence-corrected chi connectivity index (χ0v) is 13.6. The van der Waals surface area contributed by atoms with Crippen LogP contribution in [0.4, 0.5) is 9.59 Å². The van der Waals surface area contributed by atoms with Crippen molar-refractivity contribution in [2.45, 2.75) is 13.8 Å². The van der Waals surface area contributed by atoms with Crippen LogP contribution < -0.4 is 22.9 Å². The molecule has 2 rings (SSSR count). The molecule has 8 heteroatoms. The number of amides is 4. The molecule has 0 unspecified atom stereocenters. The van der Waals surface area contributed by atoms with E-state index in [1.54, 1.807) is 12.1 Å². The van der Waals surface area contributed by atoms with Crippen LogP contribution in [0.5, 0.6) is 11.5 Å². The van der Waals surface area contributed by atoms with Gasteiger partial charge in [-0.05, 0) is 37.1 Å². The van der Waals surface area contributed by atoms with Gasteiger partial charge in [-0.15, -0.1) is 0 Å². The Kier molecular flexibility index (Phi) is 12.6. The molecular formula is C16H24N4O4. The fourth-order valence-electron chi connectivity index (χ4n) is 1.13. The van der Waals surface area contributed by atoms with Gasteiger partial charge in [0.1, 0.15) is 11.5 Å². The minimum atomic E-state index is -0.833. The summed E-state index contributed by atoms with van der Waals surface area (Å²) in [5, 5.41) is 17.8. The molecule has 0 spiro atoms. The predicted molar refractivity (Wildman–Crippen MR) is 93.2 cm³/mol. The van der Waals surface area contributed by atoms with Gasteiger partial charge in [0.2, 0.25) is 0 Å². The van der Waals surface area contributed by atoms with Gasteiger partial charge in [0, 0.05) is 0 Å². The Morgan fingerprint density at radius 2 is 0.875 bits per heavy atom. The lowest BCUT2D eigenvalue weighted by atomic mass is 10.2. The summed E-state index contributed by atoms with van der Waals surface area (Å²) in [5.74, 6) is 0.736. The minimum absolute atomic E-state index is 0.368. The van der Waals surface area contributed by atoms with E-state index >= 15 is 0 Å². The Morgan fingerprint density at radius 1 is 0.667 bits per heavy atom. The van der Waals surface area contributed by atoms with Crippen LogP contribution in [-0.2, 0) is 0 Å². The Balaban J connectivity index is 0. The number of aryl methyl sites for hydroxylation is 2. The van der Waals surface area contributed by atoms with Crippen LogP contribution in [0.3, 0.4) is 0 Å². The predicted octanol–water partition coefficient (Wildman–Crippen LogP) is 1.45. The second-order valence-electron chi connectivity index (χ2n) is 4.38. The van der Waals surface area contributed by atoms with Crippen LogP contribution in [0, 0.1) is 13.8 Å². The number of hydrogen-bond acceptors (Lipinski definition) is 4. The smallest absolute Gasteiger partial charge is 0.309 e. The van der Waals surface area contributed by atoms with E-state index in [0.29, 0.717) is 11.5 Å². The molecule has 0 aliphatic heterocycles. The highest BCUT2D eigenvalue weighted by atomic mass is 16.3. The number of nitrogens with two attached hydrogens (primary N) is 4. The molecule has 8 nitrogen and oxygen atoms in total. The van der Waals surface area contributed by atoms with Gasteiger partial charge in [-0.25, -0.2) is 9.59 Å². The third-order valence-corrected chi connectivity index (χ3v) is 2.23. The van der Waals surface area contributed by atoms with Gasteiger partial charge in [0.05, 0.1) is 0 Å². The zero-order chi connectivity index (χ0) is 19.1. The topological polar surface area (TPSA) is 179 Å². The zero-order valence-electron chi connectivity index (χ0n) is 13.6. The largest absolute Gasteiger partial charge is 0.508 e. The first-order valence-corrected chi connectivity index (χ1v) is 6.66. The third-order valence-electron chi connectivity index (χ3n) is 2.23. The van der Waals surface area contributed by atoms with Crippen LogP contribution in [0.25, 0.3) is 0 Å². The molecular weight excluding hydrogens is 312 g/mol. The molecule has 0 fully saturated rings. The third kappa shape index (κ3) is 16.6. The van der Waals surface area contributed by atoms with Crippen molar-refractivity contribution in [2.24, 2.45) is 22.9 Å². The molecule has 2 aromatic rings. The first-order chi connectivity index (χ1) is 11.1. The molecule has 0 aromatic heterocycles. The number of benzene rings is 2. The van der Waals surface area contributed by atoms with E-state index in [-0.39, 0.29) is 0 Å². The molecule has 0 saturated carbocycles. The summed E-state index contributed by atoms with van der Waals surface area (Å²) in [7, 11) is 0. The maximum atomic E-state index is 9.00. The number of rotatable bonds is 0. The summed E-state index contributed by atoms with van der Waals surface area (Å²) >= 11 is 0. The van der Waals surface area contributed by atoms with Crippen molar-refractivity contribution < 1.29 is 19.8 Å². The van der Waals surface area contributed by atoms with E-state index in [1.807, 2.05) is 50.2 Å². The Labute approximate surface area is 140 Å². The SMILES string of the molecule is Cc1ccccc1O.Cc1ccccc1O.NC(N)=O.NC(N)=O. The van der Waals surface area contributed by atoms with Crippen molar-refractivity contribution in [1.29, 1.82) is 0 Å². The number of phenols is 2. The van der Waals surface area contributed by atoms with Gasteiger partial charge in [-0.3, -0.25) is 0 Å². The molecule has 10 N–H and O–H groups in total. The summed E-state index contributed by atoms with van der Waals surface area (Å²) in [4.78, 5) is 18.0. The number of carbonyl (C=O) groups excluding carboxylic acids is 2. The van der Waals surface area contributed by atoms with Crippen molar-refractivity contribution in [3.63, 3.8) is 0 Å². The molecule has 0 radical (unpaired) electrons. The number of hydrogen-bond donors (Lipinski definition) is 6. The number of para-hydroxylation sites is 2. The van der Waals surface area contributed by atoms with E-state index in [0.717, 1.165) is 11.1 Å². The molecule has 4 amide bonds. The van der Waals surface area contributed by atoms with Crippen molar-refractivity contribution >= 4 is 12.1 Å². The van der Waals surface area contributed by atoms with Crippen molar-refractivity contribution in [1.82, 2.24) is 0 Å². The van der Waals surface area contributed by atoms with Crippen LogP contribution in [-0.4, -0.2) is 22.3 Å². The standard InChI is InChI=1S/2C7H8O.2CH4N2O/c2*1-6-4-2-3-5-7(6)8;2*2-1(3)4/h2*2-5,8H,1H3;2*(H4,2,3,4). The molecule has 0 aliphatic carbocycles. The monoisotopic (exact) mass is 336 g/mol. The minimum Gasteiger partial charge on any atom is -0.508 e. The highest BCUT2D eigenvalue weighted by Gasteiger charge is 1.87. The Bertz CT molecular complexity index is 527. The molecule has 24 heavy (non-hydrogen) atoms. The summed E-state index contributed by atoms with van der Waals surface area (Å²) in [6.45, 7) is 3.74. The first-order valence-electron chi connectivity index (χ1n) is 6.66. The molecule has 132 valence electrons. The van der Waals surface area contributed by atoms with Crippen molar-refractivity contribution in [3.8, 4) is 11.5 Å². The van der Waals surface area contributed by atoms with Crippen LogP contribution in [0.2, 0.25) is 0 Å². The Hall–Kier alpha value is -3.42. The lowest BCUT2D eigenvalue weighted by Gasteiger charge is -1.92. The second kappa shape index (κ2) is 13.3. The first kappa shape index (κ1) is 22.9. The normalized spacial score (nSPS) is 8.08. The number of aromatic hydroxyl groups is 2. The van der Waals surface area contributed by atoms with E-state index in [2.05, 4.69) is 22.9 Å². The summed E-state index contributed by atoms with van der Waals surface area (Å²) in [6.07, 6.45) is 0. The summed E-state index contributed by atoms with van der Waals surface area (Å²) < 4.78 is 0. The van der Waals surface area contributed by atoms with Gasteiger partial charge in [-0.2, -0.15) is 0 Å². The second-order valence-corrected chi connectivity index (χ2v) is 4.38. The van der Waals surface area contributed by atoms with Crippen molar-refractivity contribution in [3.05, 3.63) is 59.7 Å². The van der Waals surface area contributed by atoms with Crippen LogP contribution >= 0.6 is 0 Å². The fraction of sp³-hybridized carbons (Fsp3) is 0.125. The van der Waals surface area contributed by atoms with Gasteiger partial charge in [0.25, 0.3) is 0 Å². The summed E-state index contributed by atoms with van der Waals surface area (Å²) in [5.41, 5.74) is 18.8. The summed E-state index contributed by atoms with van der Waals surface area (Å²) in [6, 6.07) is 12.8. The van der Waals surface area contributed by atoms with Gasteiger partial charge < -0.3 is 33.1 Å². The molecule has 0 atom stereocenters. The van der Waals surface area contributed by atoms with E-state index in [1.165, 1.54) is 0 Å². The molecule has 0 aliphatic rings. The lowest BCUT2D eigenvalue weighted by molar-refractivity contribution is 0.255. The average Bonchev–Trinajstić information content (AvgIpc) is 2.45. The van der Waals surface area contributed by atoms with E-state index in [9.17, 15) is 0 Å². The van der Waals surface area contributed by atoms with Crippen LogP contribution in [0.1, 0.15) is 11.1 Å². The molecule has 0 heterocycles. The van der Waals surface area contributed by atoms with E-state index in [4.69, 9.17) is 19.8 Å². The molecule has 2 aromatic carbocycles. The molecule has 0 saturated heterocycles. The highest BCUT2D eigenvalue weighted by Crippen LogP contribution is 2.12. The Morgan fingerprint density at radius 3 is 1.00 bits per heavy atom. The maximum absolute atomic E-state index is 9.00. The lowest BCUT2D eigenvalue weighted by Crippen LogP contribution is -2.18. The van der Waals surface area contributed by atoms with Crippen molar-refractivity contribution in [2.75, 3.05) is 0 Å². The van der Waals surface area contributed by atoms with Gasteiger partial charge >= 0.3 is 12.1 Å². The molecule has 0 bridgehead atoms.